The molecule has 0 aromatic carbocycles. The number of likely N-dealkylation sites (tertiary alicyclic amines) is 1. The molecule has 23 heavy (non-hydrogen) atoms. The highest BCUT2D eigenvalue weighted by Gasteiger charge is 2.26. The van der Waals surface area contributed by atoms with Gasteiger partial charge in [-0.1, -0.05) is 0 Å². The maximum Gasteiger partial charge on any atom is 0.248 e. The summed E-state index contributed by atoms with van der Waals surface area (Å²) in [7, 11) is 0. The highest BCUT2D eigenvalue weighted by molar-refractivity contribution is 5.77. The van der Waals surface area contributed by atoms with Crippen molar-refractivity contribution in [2.75, 3.05) is 50.9 Å². The van der Waals surface area contributed by atoms with E-state index >= 15 is 0 Å². The number of nitrogens with zero attached hydrogens (tertiary/aromatic N) is 4. The summed E-state index contributed by atoms with van der Waals surface area (Å²) < 4.78 is 5.40. The Morgan fingerprint density at radius 1 is 1.35 bits per heavy atom. The first kappa shape index (κ1) is 16.1. The van der Waals surface area contributed by atoms with Crippen molar-refractivity contribution in [3.8, 4) is 0 Å². The Kier molecular flexibility index (Phi) is 5.07. The van der Waals surface area contributed by atoms with Gasteiger partial charge in [-0.15, -0.1) is 0 Å². The summed E-state index contributed by atoms with van der Waals surface area (Å²) in [6.07, 6.45) is 1.94. The van der Waals surface area contributed by atoms with Gasteiger partial charge < -0.3 is 19.6 Å². The van der Waals surface area contributed by atoms with Crippen LogP contribution in [0.15, 0.2) is 6.07 Å². The van der Waals surface area contributed by atoms with Crippen molar-refractivity contribution in [3.63, 3.8) is 0 Å². The van der Waals surface area contributed by atoms with E-state index in [4.69, 9.17) is 9.84 Å². The van der Waals surface area contributed by atoms with E-state index in [0.29, 0.717) is 6.54 Å². The number of aromatic nitrogens is 2. The standard InChI is InChI=1S/C16H24N4O3/c1-12-17-14(9-15(18-12)19-5-7-23-8-6-19)13-3-2-4-20(10-13)16(22)11-21/h9,13,21H,2-8,10-11H2,1H3/t13-/m1/s1. The molecule has 0 unspecified atom stereocenters. The van der Waals surface area contributed by atoms with Crippen LogP contribution in [-0.4, -0.2) is 71.9 Å². The molecule has 3 heterocycles. The molecule has 1 aromatic rings. The van der Waals surface area contributed by atoms with Gasteiger partial charge in [0.2, 0.25) is 5.91 Å². The first-order valence-electron chi connectivity index (χ1n) is 8.24. The van der Waals surface area contributed by atoms with E-state index < -0.39 is 6.61 Å². The number of morpholine rings is 1. The van der Waals surface area contributed by atoms with Crippen LogP contribution < -0.4 is 4.90 Å². The number of ether oxygens (including phenoxy) is 1. The fourth-order valence-corrected chi connectivity index (χ4v) is 3.28. The number of hydrogen-bond acceptors (Lipinski definition) is 6. The molecule has 2 aliphatic rings. The van der Waals surface area contributed by atoms with Crippen LogP contribution in [0.2, 0.25) is 0 Å². The third kappa shape index (κ3) is 3.79. The van der Waals surface area contributed by atoms with Crippen molar-refractivity contribution in [2.24, 2.45) is 0 Å². The third-order valence-electron chi connectivity index (χ3n) is 4.51. The monoisotopic (exact) mass is 320 g/mol. The van der Waals surface area contributed by atoms with E-state index in [-0.39, 0.29) is 11.8 Å². The van der Waals surface area contributed by atoms with Gasteiger partial charge in [-0.3, -0.25) is 4.79 Å². The van der Waals surface area contributed by atoms with Crippen molar-refractivity contribution >= 4 is 11.7 Å². The van der Waals surface area contributed by atoms with E-state index in [0.717, 1.165) is 63.0 Å². The molecule has 1 aromatic heterocycles. The number of rotatable bonds is 3. The maximum absolute atomic E-state index is 11.7. The van der Waals surface area contributed by atoms with Crippen LogP contribution in [0.3, 0.4) is 0 Å². The van der Waals surface area contributed by atoms with Crippen LogP contribution >= 0.6 is 0 Å². The van der Waals surface area contributed by atoms with Crippen molar-refractivity contribution in [1.29, 1.82) is 0 Å². The van der Waals surface area contributed by atoms with E-state index in [2.05, 4.69) is 20.9 Å². The lowest BCUT2D eigenvalue weighted by Gasteiger charge is -2.33. The number of piperidine rings is 1. The van der Waals surface area contributed by atoms with Gasteiger partial charge in [0, 0.05) is 38.2 Å². The smallest absolute Gasteiger partial charge is 0.248 e. The Morgan fingerprint density at radius 2 is 2.13 bits per heavy atom. The topological polar surface area (TPSA) is 78.8 Å². The van der Waals surface area contributed by atoms with Gasteiger partial charge in [-0.25, -0.2) is 9.97 Å². The lowest BCUT2D eigenvalue weighted by molar-refractivity contribution is -0.135. The van der Waals surface area contributed by atoms with Gasteiger partial charge >= 0.3 is 0 Å². The van der Waals surface area contributed by atoms with E-state index in [1.54, 1.807) is 4.90 Å². The zero-order valence-corrected chi connectivity index (χ0v) is 13.6. The van der Waals surface area contributed by atoms with Gasteiger partial charge in [-0.2, -0.15) is 0 Å². The zero-order chi connectivity index (χ0) is 16.2. The molecule has 1 atom stereocenters. The lowest BCUT2D eigenvalue weighted by Crippen LogP contribution is -2.41. The summed E-state index contributed by atoms with van der Waals surface area (Å²) in [5, 5.41) is 9.07. The minimum atomic E-state index is -0.422. The first-order valence-corrected chi connectivity index (χ1v) is 8.24. The second kappa shape index (κ2) is 7.23. The molecule has 0 saturated carbocycles. The molecule has 0 bridgehead atoms. The summed E-state index contributed by atoms with van der Waals surface area (Å²) in [5.41, 5.74) is 0.995. The molecular weight excluding hydrogens is 296 g/mol. The molecule has 3 rings (SSSR count). The highest BCUT2D eigenvalue weighted by atomic mass is 16.5. The molecule has 2 aliphatic heterocycles. The van der Waals surface area contributed by atoms with Crippen molar-refractivity contribution < 1.29 is 14.6 Å². The number of aliphatic hydroxyl groups excluding tert-OH is 1. The SMILES string of the molecule is Cc1nc([C@@H]2CCCN(C(=O)CO)C2)cc(N2CCOCC2)n1. The number of amides is 1. The summed E-state index contributed by atoms with van der Waals surface area (Å²) in [4.78, 5) is 24.9. The van der Waals surface area contributed by atoms with Crippen molar-refractivity contribution in [2.45, 2.75) is 25.7 Å². The Balaban J connectivity index is 1.78. The molecule has 0 spiro atoms. The second-order valence-electron chi connectivity index (χ2n) is 6.13. The number of aryl methyl sites for hydroxylation is 1. The molecule has 2 fully saturated rings. The molecule has 0 radical (unpaired) electrons. The number of carbonyl (C=O) groups excluding carboxylic acids is 1. The highest BCUT2D eigenvalue weighted by Crippen LogP contribution is 2.28. The molecule has 7 heteroatoms. The normalized spacial score (nSPS) is 22.3. The first-order chi connectivity index (χ1) is 11.2. The zero-order valence-electron chi connectivity index (χ0n) is 13.6. The Labute approximate surface area is 136 Å². The minimum Gasteiger partial charge on any atom is -0.387 e. The fourth-order valence-electron chi connectivity index (χ4n) is 3.28. The van der Waals surface area contributed by atoms with Crippen LogP contribution in [0.1, 0.15) is 30.3 Å². The predicted molar refractivity (Wildman–Crippen MR) is 85.4 cm³/mol. The molecule has 126 valence electrons. The number of anilines is 1. The molecule has 0 aliphatic carbocycles. The Hall–Kier alpha value is -1.73. The lowest BCUT2D eigenvalue weighted by atomic mass is 9.94. The van der Waals surface area contributed by atoms with Gasteiger partial charge in [0.1, 0.15) is 18.2 Å². The summed E-state index contributed by atoms with van der Waals surface area (Å²) in [6.45, 7) is 5.96. The Morgan fingerprint density at radius 3 is 2.87 bits per heavy atom. The van der Waals surface area contributed by atoms with Gasteiger partial charge in [0.05, 0.1) is 18.9 Å². The van der Waals surface area contributed by atoms with Crippen LogP contribution in [0, 0.1) is 6.92 Å². The number of hydrogen-bond donors (Lipinski definition) is 1. The van der Waals surface area contributed by atoms with Crippen LogP contribution in [0.4, 0.5) is 5.82 Å². The maximum atomic E-state index is 11.7. The van der Waals surface area contributed by atoms with Crippen molar-refractivity contribution in [1.82, 2.24) is 14.9 Å². The van der Waals surface area contributed by atoms with Gasteiger partial charge in [0.15, 0.2) is 0 Å². The number of aliphatic hydroxyl groups is 1. The average Bonchev–Trinajstić information content (AvgIpc) is 2.61. The molecular formula is C16H24N4O3. The summed E-state index contributed by atoms with van der Waals surface area (Å²) in [6, 6.07) is 2.05. The van der Waals surface area contributed by atoms with E-state index in [1.165, 1.54) is 0 Å². The van der Waals surface area contributed by atoms with E-state index in [1.807, 2.05) is 6.92 Å². The third-order valence-corrected chi connectivity index (χ3v) is 4.51. The van der Waals surface area contributed by atoms with Gasteiger partial charge in [0.25, 0.3) is 0 Å². The molecule has 7 nitrogen and oxygen atoms in total. The van der Waals surface area contributed by atoms with Crippen LogP contribution in [0.5, 0.6) is 0 Å². The van der Waals surface area contributed by atoms with Crippen molar-refractivity contribution in [3.05, 3.63) is 17.6 Å². The average molecular weight is 320 g/mol. The fraction of sp³-hybridized carbons (Fsp3) is 0.688. The predicted octanol–water partition coefficient (Wildman–Crippen LogP) is 0.320. The largest absolute Gasteiger partial charge is 0.387 e. The summed E-state index contributed by atoms with van der Waals surface area (Å²) >= 11 is 0. The van der Waals surface area contributed by atoms with Gasteiger partial charge in [-0.05, 0) is 19.8 Å². The molecule has 1 N–H and O–H groups in total. The quantitative estimate of drug-likeness (QED) is 0.864. The van der Waals surface area contributed by atoms with E-state index in [9.17, 15) is 4.79 Å². The molecule has 1 amide bonds. The molecule has 2 saturated heterocycles. The van der Waals surface area contributed by atoms with Crippen LogP contribution in [0.25, 0.3) is 0 Å². The second-order valence-corrected chi connectivity index (χ2v) is 6.13. The van der Waals surface area contributed by atoms with Crippen LogP contribution in [-0.2, 0) is 9.53 Å². The number of carbonyl (C=O) groups is 1. The minimum absolute atomic E-state index is 0.200. The summed E-state index contributed by atoms with van der Waals surface area (Å²) in [5.74, 6) is 1.71. The Bertz CT molecular complexity index is 560.